The molecule has 0 aromatic heterocycles. The molecule has 0 bridgehead atoms. The number of hydrogen-bond acceptors (Lipinski definition) is 1. The van der Waals surface area contributed by atoms with Crippen molar-refractivity contribution in [3.05, 3.63) is 0 Å². The van der Waals surface area contributed by atoms with Gasteiger partial charge < -0.3 is 4.90 Å². The summed E-state index contributed by atoms with van der Waals surface area (Å²) in [6, 6.07) is 0. The molecular formula is C8H15ClFN. The Bertz CT molecular complexity index is 131. The molecule has 0 N–H and O–H groups in total. The van der Waals surface area contributed by atoms with Crippen LogP contribution < -0.4 is 0 Å². The summed E-state index contributed by atoms with van der Waals surface area (Å²) in [6.07, 6.45) is 1.11. The number of halogens is 2. The molecule has 3 heteroatoms. The summed E-state index contributed by atoms with van der Waals surface area (Å²) in [5, 5.41) is 0. The first kappa shape index (κ1) is 9.27. The summed E-state index contributed by atoms with van der Waals surface area (Å²) in [5.74, 6) is 0.690. The van der Waals surface area contributed by atoms with Gasteiger partial charge in [-0.1, -0.05) is 6.92 Å². The van der Waals surface area contributed by atoms with Gasteiger partial charge in [0.2, 0.25) is 0 Å². The third-order valence-electron chi connectivity index (χ3n) is 2.36. The van der Waals surface area contributed by atoms with Gasteiger partial charge in [0.15, 0.2) is 0 Å². The molecule has 0 spiro atoms. The van der Waals surface area contributed by atoms with Crippen LogP contribution in [0.25, 0.3) is 0 Å². The van der Waals surface area contributed by atoms with E-state index in [0.717, 1.165) is 19.5 Å². The van der Waals surface area contributed by atoms with Crippen molar-refractivity contribution in [1.29, 1.82) is 0 Å². The average Bonchev–Trinajstić information content (AvgIpc) is 2.35. The standard InChI is InChI=1S/C8H15ClFN/c1-8(6-9)2-4-11(7-8)5-3-10/h2-7H2,1H3. The van der Waals surface area contributed by atoms with Crippen molar-refractivity contribution in [2.45, 2.75) is 13.3 Å². The number of nitrogens with zero attached hydrogens (tertiary/aromatic N) is 1. The van der Waals surface area contributed by atoms with E-state index >= 15 is 0 Å². The number of hydrogen-bond donors (Lipinski definition) is 0. The largest absolute Gasteiger partial charge is 0.300 e. The molecule has 1 heterocycles. The maximum absolute atomic E-state index is 11.9. The number of rotatable bonds is 3. The van der Waals surface area contributed by atoms with Crippen LogP contribution >= 0.6 is 11.6 Å². The fourth-order valence-corrected chi connectivity index (χ4v) is 1.76. The Morgan fingerprint density at radius 2 is 2.36 bits per heavy atom. The maximum atomic E-state index is 11.9. The van der Waals surface area contributed by atoms with Gasteiger partial charge in [-0.25, -0.2) is 4.39 Å². The van der Waals surface area contributed by atoms with E-state index in [2.05, 4.69) is 11.8 Å². The summed E-state index contributed by atoms with van der Waals surface area (Å²) >= 11 is 5.79. The number of likely N-dealkylation sites (tertiary alicyclic amines) is 1. The smallest absolute Gasteiger partial charge is 0.102 e. The normalized spacial score (nSPS) is 33.0. The minimum atomic E-state index is -0.238. The summed E-state index contributed by atoms with van der Waals surface area (Å²) in [7, 11) is 0. The zero-order valence-corrected chi connectivity index (χ0v) is 7.70. The Morgan fingerprint density at radius 1 is 1.64 bits per heavy atom. The molecule has 0 radical (unpaired) electrons. The van der Waals surface area contributed by atoms with Crippen LogP contribution in [0.5, 0.6) is 0 Å². The van der Waals surface area contributed by atoms with Gasteiger partial charge >= 0.3 is 0 Å². The van der Waals surface area contributed by atoms with Crippen LogP contribution in [0.2, 0.25) is 0 Å². The van der Waals surface area contributed by atoms with Crippen LogP contribution in [0.15, 0.2) is 0 Å². The summed E-state index contributed by atoms with van der Waals surface area (Å²) in [6.45, 7) is 4.47. The first-order valence-corrected chi connectivity index (χ1v) is 4.58. The summed E-state index contributed by atoms with van der Waals surface area (Å²) < 4.78 is 11.9. The fourth-order valence-electron chi connectivity index (χ4n) is 1.55. The van der Waals surface area contributed by atoms with E-state index in [1.165, 1.54) is 0 Å². The second-order valence-electron chi connectivity index (χ2n) is 3.66. The molecule has 0 aromatic carbocycles. The van der Waals surface area contributed by atoms with E-state index in [-0.39, 0.29) is 12.1 Å². The zero-order valence-electron chi connectivity index (χ0n) is 6.95. The monoisotopic (exact) mass is 179 g/mol. The molecule has 11 heavy (non-hydrogen) atoms. The first-order valence-electron chi connectivity index (χ1n) is 4.04. The van der Waals surface area contributed by atoms with E-state index in [0.29, 0.717) is 12.4 Å². The topological polar surface area (TPSA) is 3.24 Å². The van der Waals surface area contributed by atoms with E-state index in [9.17, 15) is 4.39 Å². The molecule has 1 unspecified atom stereocenters. The van der Waals surface area contributed by atoms with Crippen molar-refractivity contribution in [2.75, 3.05) is 32.2 Å². The van der Waals surface area contributed by atoms with Crippen molar-refractivity contribution < 1.29 is 4.39 Å². The molecule has 1 fully saturated rings. The summed E-state index contributed by atoms with van der Waals surface area (Å²) in [4.78, 5) is 2.14. The van der Waals surface area contributed by atoms with Crippen molar-refractivity contribution >= 4 is 11.6 Å². The van der Waals surface area contributed by atoms with E-state index < -0.39 is 0 Å². The second kappa shape index (κ2) is 3.72. The van der Waals surface area contributed by atoms with Crippen LogP contribution in [0, 0.1) is 5.41 Å². The second-order valence-corrected chi connectivity index (χ2v) is 3.93. The average molecular weight is 180 g/mol. The maximum Gasteiger partial charge on any atom is 0.102 e. The molecule has 66 valence electrons. The minimum absolute atomic E-state index is 0.233. The third-order valence-corrected chi connectivity index (χ3v) is 3.01. The lowest BCUT2D eigenvalue weighted by Crippen LogP contribution is -2.27. The molecule has 1 rings (SSSR count). The summed E-state index contributed by atoms with van der Waals surface area (Å²) in [5.41, 5.74) is 0.233. The van der Waals surface area contributed by atoms with Crippen LogP contribution in [0.4, 0.5) is 4.39 Å². The molecular weight excluding hydrogens is 165 g/mol. The van der Waals surface area contributed by atoms with Gasteiger partial charge in [-0.3, -0.25) is 0 Å². The van der Waals surface area contributed by atoms with Crippen molar-refractivity contribution in [3.8, 4) is 0 Å². The molecule has 1 atom stereocenters. The SMILES string of the molecule is CC1(CCl)CCN(CCF)C1. The zero-order chi connectivity index (χ0) is 8.32. The highest BCUT2D eigenvalue weighted by atomic mass is 35.5. The Morgan fingerprint density at radius 3 is 2.82 bits per heavy atom. The lowest BCUT2D eigenvalue weighted by atomic mass is 9.93. The molecule has 1 aliphatic rings. The molecule has 0 aliphatic carbocycles. The van der Waals surface area contributed by atoms with E-state index in [4.69, 9.17) is 11.6 Å². The van der Waals surface area contributed by atoms with E-state index in [1.54, 1.807) is 0 Å². The lowest BCUT2D eigenvalue weighted by Gasteiger charge is -2.20. The van der Waals surface area contributed by atoms with Crippen LogP contribution in [-0.4, -0.2) is 37.1 Å². The predicted octanol–water partition coefficient (Wildman–Crippen LogP) is 1.91. The molecule has 1 saturated heterocycles. The Kier molecular flexibility index (Phi) is 3.14. The number of alkyl halides is 2. The quantitative estimate of drug-likeness (QED) is 0.599. The minimum Gasteiger partial charge on any atom is -0.300 e. The fraction of sp³-hybridized carbons (Fsp3) is 1.00. The van der Waals surface area contributed by atoms with Gasteiger partial charge in [0, 0.05) is 19.0 Å². The van der Waals surface area contributed by atoms with Gasteiger partial charge in [-0.2, -0.15) is 0 Å². The Balaban J connectivity index is 2.33. The first-order chi connectivity index (χ1) is 5.20. The predicted molar refractivity (Wildman–Crippen MR) is 45.9 cm³/mol. The van der Waals surface area contributed by atoms with Gasteiger partial charge in [0.25, 0.3) is 0 Å². The Labute approximate surface area is 72.5 Å². The highest BCUT2D eigenvalue weighted by Crippen LogP contribution is 2.30. The lowest BCUT2D eigenvalue weighted by molar-refractivity contribution is 0.267. The highest BCUT2D eigenvalue weighted by Gasteiger charge is 2.32. The van der Waals surface area contributed by atoms with Gasteiger partial charge in [-0.15, -0.1) is 11.6 Å². The molecule has 1 aliphatic heterocycles. The molecule has 0 amide bonds. The van der Waals surface area contributed by atoms with Gasteiger partial charge in [0.1, 0.15) is 6.67 Å². The molecule has 1 nitrogen and oxygen atoms in total. The van der Waals surface area contributed by atoms with Crippen molar-refractivity contribution in [1.82, 2.24) is 4.90 Å². The van der Waals surface area contributed by atoms with Crippen LogP contribution in [0.1, 0.15) is 13.3 Å². The van der Waals surface area contributed by atoms with Gasteiger partial charge in [0.05, 0.1) is 0 Å². The van der Waals surface area contributed by atoms with Gasteiger partial charge in [-0.05, 0) is 18.4 Å². The van der Waals surface area contributed by atoms with Crippen molar-refractivity contribution in [3.63, 3.8) is 0 Å². The molecule has 0 aromatic rings. The molecule has 0 saturated carbocycles. The van der Waals surface area contributed by atoms with Crippen molar-refractivity contribution in [2.24, 2.45) is 5.41 Å². The van der Waals surface area contributed by atoms with Crippen LogP contribution in [-0.2, 0) is 0 Å². The van der Waals surface area contributed by atoms with E-state index in [1.807, 2.05) is 0 Å². The third kappa shape index (κ3) is 2.31. The Hall–Kier alpha value is 0.180. The van der Waals surface area contributed by atoms with Crippen LogP contribution in [0.3, 0.4) is 0 Å². The highest BCUT2D eigenvalue weighted by molar-refractivity contribution is 6.18.